The van der Waals surface area contributed by atoms with Crippen LogP contribution in [0, 0.1) is 0 Å². The maximum absolute atomic E-state index is 13.1. The minimum absolute atomic E-state index is 0.0563. The van der Waals surface area contributed by atoms with Gasteiger partial charge in [-0.05, 0) is 24.1 Å². The molecule has 1 heterocycles. The second-order valence-electron chi connectivity index (χ2n) is 4.95. The first kappa shape index (κ1) is 15.6. The van der Waals surface area contributed by atoms with Gasteiger partial charge in [0.1, 0.15) is 6.04 Å². The number of anilines is 1. The smallest absolute Gasteiger partial charge is 0.358 e. The van der Waals surface area contributed by atoms with Gasteiger partial charge in [0, 0.05) is 25.3 Å². The molecular weight excluding hydrogens is 283 g/mol. The molecule has 0 aliphatic carbocycles. The second-order valence-corrected chi connectivity index (χ2v) is 4.95. The monoisotopic (exact) mass is 301 g/mol. The number of alkyl halides is 3. The molecule has 0 aromatic heterocycles. The Hall–Kier alpha value is -1.76. The summed E-state index contributed by atoms with van der Waals surface area (Å²) in [4.78, 5) is 13.5. The van der Waals surface area contributed by atoms with Crippen LogP contribution in [0.4, 0.5) is 18.9 Å². The average Bonchev–Trinajstić information content (AvgIpc) is 2.45. The van der Waals surface area contributed by atoms with E-state index >= 15 is 0 Å². The number of rotatable bonds is 3. The van der Waals surface area contributed by atoms with Gasteiger partial charge in [-0.3, -0.25) is 4.79 Å². The summed E-state index contributed by atoms with van der Waals surface area (Å²) >= 11 is 0. The van der Waals surface area contributed by atoms with Crippen molar-refractivity contribution in [3.05, 3.63) is 29.3 Å². The van der Waals surface area contributed by atoms with Gasteiger partial charge >= 0.3 is 6.18 Å². The van der Waals surface area contributed by atoms with E-state index in [1.54, 1.807) is 11.0 Å². The predicted molar refractivity (Wildman–Crippen MR) is 73.8 cm³/mol. The molecule has 2 rings (SSSR count). The molecule has 116 valence electrons. The summed E-state index contributed by atoms with van der Waals surface area (Å²) in [5.74, 6) is -0.153. The quantitative estimate of drug-likeness (QED) is 0.896. The highest BCUT2D eigenvalue weighted by atomic mass is 19.4. The maximum atomic E-state index is 13.1. The maximum Gasteiger partial charge on any atom is 0.416 e. The number of nitrogens with zero attached hydrogens (tertiary/aromatic N) is 1. The van der Waals surface area contributed by atoms with E-state index in [1.165, 1.54) is 6.07 Å². The fourth-order valence-corrected chi connectivity index (χ4v) is 2.61. The Morgan fingerprint density at radius 2 is 2.14 bits per heavy atom. The van der Waals surface area contributed by atoms with E-state index in [4.69, 9.17) is 5.73 Å². The lowest BCUT2D eigenvalue weighted by Crippen LogP contribution is -2.55. The Labute approximate surface area is 121 Å². The van der Waals surface area contributed by atoms with Gasteiger partial charge in [-0.25, -0.2) is 0 Å². The van der Waals surface area contributed by atoms with Crippen LogP contribution in [0.25, 0.3) is 0 Å². The van der Waals surface area contributed by atoms with Crippen LogP contribution in [0.15, 0.2) is 18.2 Å². The van der Waals surface area contributed by atoms with E-state index in [1.807, 2.05) is 6.92 Å². The lowest BCUT2D eigenvalue weighted by molar-refractivity contribution is -0.138. The van der Waals surface area contributed by atoms with Gasteiger partial charge in [0.25, 0.3) is 0 Å². The second kappa shape index (κ2) is 5.93. The highest BCUT2D eigenvalue weighted by molar-refractivity contribution is 5.86. The first-order valence-electron chi connectivity index (χ1n) is 6.83. The number of hydrogen-bond acceptors (Lipinski definition) is 3. The van der Waals surface area contributed by atoms with Crippen molar-refractivity contribution in [1.29, 1.82) is 0 Å². The molecule has 1 atom stereocenters. The molecule has 1 amide bonds. The molecule has 1 aliphatic rings. The topological polar surface area (TPSA) is 58.4 Å². The molecule has 4 nitrogen and oxygen atoms in total. The number of carbonyl (C=O) groups excluding carboxylic acids is 1. The zero-order valence-corrected chi connectivity index (χ0v) is 11.7. The normalized spacial score (nSPS) is 19.6. The van der Waals surface area contributed by atoms with Gasteiger partial charge in [-0.1, -0.05) is 13.0 Å². The van der Waals surface area contributed by atoms with Crippen molar-refractivity contribution in [2.75, 3.05) is 18.0 Å². The first-order valence-corrected chi connectivity index (χ1v) is 6.83. The molecule has 1 fully saturated rings. The van der Waals surface area contributed by atoms with E-state index < -0.39 is 17.8 Å². The number of nitrogens with one attached hydrogen (secondary N) is 1. The summed E-state index contributed by atoms with van der Waals surface area (Å²) < 4.78 is 39.3. The number of piperazine rings is 1. The summed E-state index contributed by atoms with van der Waals surface area (Å²) in [7, 11) is 0. The first-order chi connectivity index (χ1) is 9.88. The summed E-state index contributed by atoms with van der Waals surface area (Å²) in [6.45, 7) is 2.58. The molecule has 1 unspecified atom stereocenters. The van der Waals surface area contributed by atoms with E-state index in [-0.39, 0.29) is 18.0 Å². The third-order valence-corrected chi connectivity index (χ3v) is 3.67. The van der Waals surface area contributed by atoms with Crippen molar-refractivity contribution < 1.29 is 18.0 Å². The number of halogens is 3. The molecule has 0 radical (unpaired) electrons. The number of nitrogens with two attached hydrogens (primary N) is 1. The minimum atomic E-state index is -4.45. The zero-order valence-electron chi connectivity index (χ0n) is 11.7. The van der Waals surface area contributed by atoms with Crippen LogP contribution in [0.1, 0.15) is 24.5 Å². The Bertz CT molecular complexity index is 531. The van der Waals surface area contributed by atoms with Crippen LogP contribution in [0.3, 0.4) is 0 Å². The van der Waals surface area contributed by atoms with Crippen LogP contribution in [0.2, 0.25) is 0 Å². The molecule has 1 saturated heterocycles. The fourth-order valence-electron chi connectivity index (χ4n) is 2.61. The summed E-state index contributed by atoms with van der Waals surface area (Å²) in [6, 6.07) is 3.63. The molecular formula is C14H18F3N3O. The van der Waals surface area contributed by atoms with E-state index in [0.29, 0.717) is 25.2 Å². The molecule has 0 saturated carbocycles. The highest BCUT2D eigenvalue weighted by Gasteiger charge is 2.35. The lowest BCUT2D eigenvalue weighted by Gasteiger charge is -2.36. The summed E-state index contributed by atoms with van der Waals surface area (Å²) in [6.07, 6.45) is -3.92. The molecule has 1 aromatic rings. The molecule has 3 N–H and O–H groups in total. The van der Waals surface area contributed by atoms with Gasteiger partial charge in [-0.2, -0.15) is 13.2 Å². The Kier molecular flexibility index (Phi) is 4.41. The van der Waals surface area contributed by atoms with Crippen LogP contribution in [-0.2, 0) is 17.5 Å². The van der Waals surface area contributed by atoms with Crippen LogP contribution >= 0.6 is 0 Å². The lowest BCUT2D eigenvalue weighted by atomic mass is 10.0. The molecule has 0 spiro atoms. The van der Waals surface area contributed by atoms with Gasteiger partial charge in [0.05, 0.1) is 5.56 Å². The van der Waals surface area contributed by atoms with E-state index in [2.05, 4.69) is 5.32 Å². The van der Waals surface area contributed by atoms with Gasteiger partial charge in [0.2, 0.25) is 5.91 Å². The van der Waals surface area contributed by atoms with E-state index in [9.17, 15) is 18.0 Å². The largest absolute Gasteiger partial charge is 0.416 e. The summed E-state index contributed by atoms with van der Waals surface area (Å²) in [5.41, 5.74) is 5.10. The van der Waals surface area contributed by atoms with Gasteiger partial charge in [0.15, 0.2) is 0 Å². The molecule has 1 aliphatic heterocycles. The minimum Gasteiger partial charge on any atom is -0.358 e. The van der Waals surface area contributed by atoms with Crippen molar-refractivity contribution >= 4 is 11.6 Å². The molecule has 7 heteroatoms. The van der Waals surface area contributed by atoms with Crippen molar-refractivity contribution in [1.82, 2.24) is 5.32 Å². The van der Waals surface area contributed by atoms with Crippen molar-refractivity contribution in [2.24, 2.45) is 5.73 Å². The van der Waals surface area contributed by atoms with Crippen molar-refractivity contribution in [3.8, 4) is 0 Å². The Balaban J connectivity index is 2.42. The molecule has 1 aromatic carbocycles. The third kappa shape index (κ3) is 3.12. The standard InChI is InChI=1S/C14H18F3N3O/c1-2-12-13(21)19-5-6-20(12)10-4-3-9(8-18)11(7-10)14(15,16)17/h3-4,7,12H,2,5-6,8,18H2,1H3,(H,19,21). The Morgan fingerprint density at radius 3 is 2.71 bits per heavy atom. The van der Waals surface area contributed by atoms with Crippen LogP contribution in [0.5, 0.6) is 0 Å². The van der Waals surface area contributed by atoms with Crippen molar-refractivity contribution in [3.63, 3.8) is 0 Å². The number of benzene rings is 1. The number of amides is 1. The Morgan fingerprint density at radius 1 is 1.43 bits per heavy atom. The zero-order chi connectivity index (χ0) is 15.6. The third-order valence-electron chi connectivity index (χ3n) is 3.67. The highest BCUT2D eigenvalue weighted by Crippen LogP contribution is 2.35. The SMILES string of the molecule is CCC1C(=O)NCCN1c1ccc(CN)c(C(F)(F)F)c1. The molecule has 21 heavy (non-hydrogen) atoms. The number of carbonyl (C=O) groups is 1. The number of hydrogen-bond donors (Lipinski definition) is 2. The van der Waals surface area contributed by atoms with Gasteiger partial charge < -0.3 is 16.0 Å². The van der Waals surface area contributed by atoms with Crippen molar-refractivity contribution in [2.45, 2.75) is 32.1 Å². The predicted octanol–water partition coefficient (Wildman–Crippen LogP) is 1.88. The molecule has 0 bridgehead atoms. The fraction of sp³-hybridized carbons (Fsp3) is 0.500. The van der Waals surface area contributed by atoms with Crippen LogP contribution < -0.4 is 16.0 Å². The average molecular weight is 301 g/mol. The van der Waals surface area contributed by atoms with Crippen LogP contribution in [-0.4, -0.2) is 25.0 Å². The summed E-state index contributed by atoms with van der Waals surface area (Å²) in [5, 5.41) is 2.73. The van der Waals surface area contributed by atoms with Gasteiger partial charge in [-0.15, -0.1) is 0 Å². The van der Waals surface area contributed by atoms with E-state index in [0.717, 1.165) is 6.07 Å².